The number of anilines is 2. The number of benzene rings is 2. The van der Waals surface area contributed by atoms with Crippen LogP contribution in [-0.4, -0.2) is 48.1 Å². The normalized spacial score (nSPS) is 11.2. The number of aryl methyl sites for hydroxylation is 1. The minimum Gasteiger partial charge on any atom is -0.497 e. The fraction of sp³-hybridized carbons (Fsp3) is 0.333. The van der Waals surface area contributed by atoms with E-state index in [-0.39, 0.29) is 0 Å². The summed E-state index contributed by atoms with van der Waals surface area (Å²) in [5.74, 6) is 1.53. The molecule has 2 aromatic heterocycles. The monoisotopic (exact) mass is 459 g/mol. The van der Waals surface area contributed by atoms with E-state index in [1.807, 2.05) is 43.8 Å². The number of rotatable bonds is 10. The average Bonchev–Trinajstić information content (AvgIpc) is 3.29. The Balaban J connectivity index is 1.72. The van der Waals surface area contributed by atoms with E-state index in [1.54, 1.807) is 18.9 Å². The third-order valence-corrected chi connectivity index (χ3v) is 5.77. The van der Waals surface area contributed by atoms with Crippen LogP contribution in [0.3, 0.4) is 0 Å². The molecule has 0 spiro atoms. The van der Waals surface area contributed by atoms with Gasteiger partial charge in [-0.3, -0.25) is 9.67 Å². The molecular weight excluding hydrogens is 426 g/mol. The number of aromatic nitrogens is 3. The van der Waals surface area contributed by atoms with E-state index in [0.29, 0.717) is 6.04 Å². The van der Waals surface area contributed by atoms with Crippen LogP contribution in [0.5, 0.6) is 11.5 Å². The standard InChI is InChI=1S/C27H33N5O2/c1-19(2)28-9-6-10-32(24-13-25(33-4)15-26(14-24)34-5)23-7-8-27-20(12-23)11-21(16-29-27)22-17-30-31(3)18-22/h7-8,11-19,28H,6,9-10H2,1-5H3. The lowest BCUT2D eigenvalue weighted by Gasteiger charge is -2.26. The van der Waals surface area contributed by atoms with Crippen LogP contribution in [-0.2, 0) is 7.05 Å². The predicted octanol–water partition coefficient (Wildman–Crippen LogP) is 5.18. The summed E-state index contributed by atoms with van der Waals surface area (Å²) in [4.78, 5) is 6.99. The van der Waals surface area contributed by atoms with Crippen molar-refractivity contribution in [1.29, 1.82) is 0 Å². The number of pyridine rings is 1. The van der Waals surface area contributed by atoms with Crippen LogP contribution >= 0.6 is 0 Å². The van der Waals surface area contributed by atoms with E-state index in [1.165, 1.54) is 0 Å². The number of fused-ring (bicyclic) bond motifs is 1. The summed E-state index contributed by atoms with van der Waals surface area (Å²) in [5, 5.41) is 8.89. The number of hydrogen-bond donors (Lipinski definition) is 1. The number of hydrogen-bond acceptors (Lipinski definition) is 6. The van der Waals surface area contributed by atoms with Gasteiger partial charge in [-0.25, -0.2) is 0 Å². The lowest BCUT2D eigenvalue weighted by Crippen LogP contribution is -2.27. The van der Waals surface area contributed by atoms with Gasteiger partial charge in [0.15, 0.2) is 0 Å². The van der Waals surface area contributed by atoms with Gasteiger partial charge in [0.2, 0.25) is 0 Å². The Morgan fingerprint density at radius 1 is 0.941 bits per heavy atom. The summed E-state index contributed by atoms with van der Waals surface area (Å²) >= 11 is 0. The second-order valence-corrected chi connectivity index (χ2v) is 8.69. The Morgan fingerprint density at radius 2 is 1.71 bits per heavy atom. The summed E-state index contributed by atoms with van der Waals surface area (Å²) < 4.78 is 12.9. The van der Waals surface area contributed by atoms with Gasteiger partial charge in [-0.15, -0.1) is 0 Å². The molecule has 0 aliphatic heterocycles. The quantitative estimate of drug-likeness (QED) is 0.330. The molecule has 0 bridgehead atoms. The molecule has 2 heterocycles. The predicted molar refractivity (Wildman–Crippen MR) is 138 cm³/mol. The molecule has 0 radical (unpaired) electrons. The van der Waals surface area contributed by atoms with Crippen molar-refractivity contribution < 1.29 is 9.47 Å². The van der Waals surface area contributed by atoms with Crippen molar-refractivity contribution in [2.75, 3.05) is 32.2 Å². The molecule has 1 N–H and O–H groups in total. The molecule has 0 saturated carbocycles. The minimum absolute atomic E-state index is 0.461. The molecule has 2 aromatic carbocycles. The molecule has 0 unspecified atom stereocenters. The zero-order valence-electron chi connectivity index (χ0n) is 20.6. The van der Waals surface area contributed by atoms with Crippen molar-refractivity contribution >= 4 is 22.3 Å². The highest BCUT2D eigenvalue weighted by Crippen LogP contribution is 2.34. The first-order valence-electron chi connectivity index (χ1n) is 11.6. The van der Waals surface area contributed by atoms with Crippen LogP contribution < -0.4 is 19.7 Å². The van der Waals surface area contributed by atoms with Gasteiger partial charge in [0.1, 0.15) is 11.5 Å². The maximum atomic E-state index is 5.54. The molecule has 0 saturated heterocycles. The van der Waals surface area contributed by atoms with E-state index < -0.39 is 0 Å². The number of nitrogens with zero attached hydrogens (tertiary/aromatic N) is 4. The van der Waals surface area contributed by atoms with Crippen molar-refractivity contribution in [3.63, 3.8) is 0 Å². The highest BCUT2D eigenvalue weighted by molar-refractivity contribution is 5.87. The van der Waals surface area contributed by atoms with E-state index in [0.717, 1.165) is 64.4 Å². The molecule has 178 valence electrons. The van der Waals surface area contributed by atoms with E-state index >= 15 is 0 Å². The van der Waals surface area contributed by atoms with Crippen molar-refractivity contribution in [1.82, 2.24) is 20.1 Å². The molecular formula is C27H33N5O2. The second kappa shape index (κ2) is 10.6. The second-order valence-electron chi connectivity index (χ2n) is 8.69. The maximum absolute atomic E-state index is 5.54. The van der Waals surface area contributed by atoms with Gasteiger partial charge in [-0.2, -0.15) is 5.10 Å². The first-order chi connectivity index (χ1) is 16.5. The molecule has 0 aliphatic rings. The lowest BCUT2D eigenvalue weighted by molar-refractivity contribution is 0.394. The molecule has 7 nitrogen and oxygen atoms in total. The molecule has 34 heavy (non-hydrogen) atoms. The van der Waals surface area contributed by atoms with Crippen LogP contribution in [0.4, 0.5) is 11.4 Å². The summed E-state index contributed by atoms with van der Waals surface area (Å²) in [6.07, 6.45) is 6.76. The Hall–Kier alpha value is -3.58. The molecule has 0 atom stereocenters. The van der Waals surface area contributed by atoms with Crippen LogP contribution in [0.1, 0.15) is 20.3 Å². The van der Waals surface area contributed by atoms with Crippen LogP contribution in [0.25, 0.3) is 22.0 Å². The van der Waals surface area contributed by atoms with Crippen molar-refractivity contribution in [3.8, 4) is 22.6 Å². The Bertz CT molecular complexity index is 1230. The molecule has 7 heteroatoms. The maximum Gasteiger partial charge on any atom is 0.124 e. The number of methoxy groups -OCH3 is 2. The SMILES string of the molecule is COc1cc(OC)cc(N(CCCNC(C)C)c2ccc3ncc(-c4cnn(C)c4)cc3c2)c1. The van der Waals surface area contributed by atoms with E-state index in [2.05, 4.69) is 58.4 Å². The van der Waals surface area contributed by atoms with Crippen LogP contribution in [0, 0.1) is 0 Å². The topological polar surface area (TPSA) is 64.4 Å². The van der Waals surface area contributed by atoms with Gasteiger partial charge >= 0.3 is 0 Å². The first kappa shape index (κ1) is 23.6. The largest absolute Gasteiger partial charge is 0.497 e. The van der Waals surface area contributed by atoms with Crippen LogP contribution in [0.15, 0.2) is 61.1 Å². The highest BCUT2D eigenvalue weighted by atomic mass is 16.5. The lowest BCUT2D eigenvalue weighted by atomic mass is 10.1. The molecule has 0 fully saturated rings. The minimum atomic E-state index is 0.461. The van der Waals surface area contributed by atoms with Crippen molar-refractivity contribution in [3.05, 3.63) is 61.1 Å². The Morgan fingerprint density at radius 3 is 2.35 bits per heavy atom. The van der Waals surface area contributed by atoms with E-state index in [9.17, 15) is 0 Å². The fourth-order valence-electron chi connectivity index (χ4n) is 4.00. The van der Waals surface area contributed by atoms with Gasteiger partial charge in [0.25, 0.3) is 0 Å². The number of nitrogens with one attached hydrogen (secondary N) is 1. The summed E-state index contributed by atoms with van der Waals surface area (Å²) in [6.45, 7) is 6.12. The van der Waals surface area contributed by atoms with E-state index in [4.69, 9.17) is 9.47 Å². The van der Waals surface area contributed by atoms with Gasteiger partial charge in [-0.1, -0.05) is 13.8 Å². The van der Waals surface area contributed by atoms with Gasteiger partial charge in [0.05, 0.1) is 25.9 Å². The fourth-order valence-corrected chi connectivity index (χ4v) is 4.00. The highest BCUT2D eigenvalue weighted by Gasteiger charge is 2.14. The van der Waals surface area contributed by atoms with Gasteiger partial charge in [-0.05, 0) is 37.2 Å². The zero-order valence-corrected chi connectivity index (χ0v) is 20.6. The van der Waals surface area contributed by atoms with Crippen LogP contribution in [0.2, 0.25) is 0 Å². The van der Waals surface area contributed by atoms with Gasteiger partial charge in [0, 0.05) is 78.1 Å². The summed E-state index contributed by atoms with van der Waals surface area (Å²) in [5.41, 5.74) is 5.18. The summed E-state index contributed by atoms with van der Waals surface area (Å²) in [6, 6.07) is 15.0. The molecule has 0 amide bonds. The average molecular weight is 460 g/mol. The Labute approximate surface area is 201 Å². The summed E-state index contributed by atoms with van der Waals surface area (Å²) in [7, 11) is 5.28. The third kappa shape index (κ3) is 5.48. The third-order valence-electron chi connectivity index (χ3n) is 5.77. The first-order valence-corrected chi connectivity index (χ1v) is 11.6. The van der Waals surface area contributed by atoms with Crippen molar-refractivity contribution in [2.45, 2.75) is 26.3 Å². The molecule has 4 rings (SSSR count). The van der Waals surface area contributed by atoms with Gasteiger partial charge < -0.3 is 19.7 Å². The Kier molecular flexibility index (Phi) is 7.33. The zero-order chi connectivity index (χ0) is 24.1. The molecule has 4 aromatic rings. The van der Waals surface area contributed by atoms with Crippen molar-refractivity contribution in [2.24, 2.45) is 7.05 Å². The smallest absolute Gasteiger partial charge is 0.124 e. The number of ether oxygens (including phenoxy) is 2. The molecule has 0 aliphatic carbocycles.